The zero-order chi connectivity index (χ0) is 16.7. The normalized spacial score (nSPS) is 17.8. The Bertz CT molecular complexity index is 545. The van der Waals surface area contributed by atoms with E-state index in [0.717, 1.165) is 25.9 Å². The van der Waals surface area contributed by atoms with E-state index in [1.807, 2.05) is 4.90 Å². The molecule has 5 nitrogen and oxygen atoms in total. The minimum absolute atomic E-state index is 0.0191. The predicted molar refractivity (Wildman–Crippen MR) is 89.6 cm³/mol. The van der Waals surface area contributed by atoms with Crippen molar-refractivity contribution in [1.29, 1.82) is 0 Å². The average molecular weight is 318 g/mol. The third kappa shape index (κ3) is 5.06. The molecule has 2 rings (SSSR count). The highest BCUT2D eigenvalue weighted by Crippen LogP contribution is 2.18. The molecule has 1 saturated heterocycles. The van der Waals surface area contributed by atoms with E-state index in [1.54, 1.807) is 31.4 Å². The van der Waals surface area contributed by atoms with Crippen molar-refractivity contribution >= 4 is 11.8 Å². The summed E-state index contributed by atoms with van der Waals surface area (Å²) in [5.74, 6) is 0.410. The third-order valence-corrected chi connectivity index (χ3v) is 4.13. The lowest BCUT2D eigenvalue weighted by atomic mass is 9.99. The molecule has 0 aliphatic carbocycles. The lowest BCUT2D eigenvalue weighted by molar-refractivity contribution is 0.0683. The highest BCUT2D eigenvalue weighted by atomic mass is 16.5. The molecule has 23 heavy (non-hydrogen) atoms. The summed E-state index contributed by atoms with van der Waals surface area (Å²) in [6.07, 6.45) is 2.99. The molecule has 2 amide bonds. The SMILES string of the molecule is COCCCNC(=O)c1cccc(C(=O)N2CCCC(C)C2)c1. The van der Waals surface area contributed by atoms with E-state index in [4.69, 9.17) is 4.74 Å². The fraction of sp³-hybridized carbons (Fsp3) is 0.556. The number of likely N-dealkylation sites (tertiary alicyclic amines) is 1. The number of benzene rings is 1. The van der Waals surface area contributed by atoms with Gasteiger partial charge < -0.3 is 15.0 Å². The monoisotopic (exact) mass is 318 g/mol. The summed E-state index contributed by atoms with van der Waals surface area (Å²) < 4.78 is 4.95. The van der Waals surface area contributed by atoms with Gasteiger partial charge >= 0.3 is 0 Å². The Kier molecular flexibility index (Phi) is 6.59. The Morgan fingerprint density at radius 2 is 2.13 bits per heavy atom. The molecule has 1 aromatic rings. The van der Waals surface area contributed by atoms with Crippen LogP contribution in [-0.2, 0) is 4.74 Å². The first-order chi connectivity index (χ1) is 11.1. The Morgan fingerprint density at radius 1 is 1.35 bits per heavy atom. The third-order valence-electron chi connectivity index (χ3n) is 4.13. The van der Waals surface area contributed by atoms with Gasteiger partial charge in [0.05, 0.1) is 0 Å². The molecule has 0 saturated carbocycles. The van der Waals surface area contributed by atoms with Crippen molar-refractivity contribution in [3.8, 4) is 0 Å². The molecular weight excluding hydrogens is 292 g/mol. The van der Waals surface area contributed by atoms with Crippen molar-refractivity contribution in [2.24, 2.45) is 5.92 Å². The van der Waals surface area contributed by atoms with E-state index < -0.39 is 0 Å². The van der Waals surface area contributed by atoms with Crippen molar-refractivity contribution < 1.29 is 14.3 Å². The van der Waals surface area contributed by atoms with Gasteiger partial charge in [-0.15, -0.1) is 0 Å². The van der Waals surface area contributed by atoms with Crippen LogP contribution in [0.1, 0.15) is 46.9 Å². The zero-order valence-electron chi connectivity index (χ0n) is 14.0. The van der Waals surface area contributed by atoms with Gasteiger partial charge in [0.25, 0.3) is 11.8 Å². The number of amides is 2. The van der Waals surface area contributed by atoms with Crippen LogP contribution in [0.4, 0.5) is 0 Å². The molecule has 0 aromatic heterocycles. The molecular formula is C18H26N2O3. The number of hydrogen-bond acceptors (Lipinski definition) is 3. The Hall–Kier alpha value is -1.88. The van der Waals surface area contributed by atoms with Crippen LogP contribution in [0.5, 0.6) is 0 Å². The molecule has 1 fully saturated rings. The first kappa shape index (κ1) is 17.5. The van der Waals surface area contributed by atoms with Crippen molar-refractivity contribution in [1.82, 2.24) is 10.2 Å². The second kappa shape index (κ2) is 8.67. The minimum Gasteiger partial charge on any atom is -0.385 e. The minimum atomic E-state index is -0.150. The van der Waals surface area contributed by atoms with Crippen LogP contribution < -0.4 is 5.32 Å². The molecule has 1 unspecified atom stereocenters. The van der Waals surface area contributed by atoms with Crippen LogP contribution in [0.25, 0.3) is 0 Å². The van der Waals surface area contributed by atoms with Crippen LogP contribution in [0.2, 0.25) is 0 Å². The highest BCUT2D eigenvalue weighted by molar-refractivity contribution is 5.99. The lowest BCUT2D eigenvalue weighted by Crippen LogP contribution is -2.39. The van der Waals surface area contributed by atoms with Gasteiger partial charge in [0.1, 0.15) is 0 Å². The van der Waals surface area contributed by atoms with E-state index in [0.29, 0.717) is 30.2 Å². The molecule has 1 aliphatic rings. The second-order valence-corrected chi connectivity index (χ2v) is 6.18. The van der Waals surface area contributed by atoms with Crippen LogP contribution in [0, 0.1) is 5.92 Å². The van der Waals surface area contributed by atoms with Gasteiger partial charge in [-0.25, -0.2) is 0 Å². The van der Waals surface area contributed by atoms with E-state index in [2.05, 4.69) is 12.2 Å². The van der Waals surface area contributed by atoms with Gasteiger partial charge in [0.2, 0.25) is 0 Å². The standard InChI is InChI=1S/C18H26N2O3/c1-14-6-4-10-20(13-14)18(22)16-8-3-7-15(12-16)17(21)19-9-5-11-23-2/h3,7-8,12,14H,4-6,9-11,13H2,1-2H3,(H,19,21). The average Bonchev–Trinajstić information content (AvgIpc) is 2.58. The Balaban J connectivity index is 1.98. The molecule has 1 aromatic carbocycles. The summed E-state index contributed by atoms with van der Waals surface area (Å²) in [7, 11) is 1.64. The first-order valence-corrected chi connectivity index (χ1v) is 8.28. The number of piperidine rings is 1. The first-order valence-electron chi connectivity index (χ1n) is 8.28. The highest BCUT2D eigenvalue weighted by Gasteiger charge is 2.22. The molecule has 1 heterocycles. The van der Waals surface area contributed by atoms with E-state index >= 15 is 0 Å². The van der Waals surface area contributed by atoms with Crippen molar-refractivity contribution in [2.45, 2.75) is 26.2 Å². The molecule has 5 heteroatoms. The lowest BCUT2D eigenvalue weighted by Gasteiger charge is -2.31. The molecule has 1 N–H and O–H groups in total. The molecule has 126 valence electrons. The second-order valence-electron chi connectivity index (χ2n) is 6.18. The summed E-state index contributed by atoms with van der Waals surface area (Å²) in [5.41, 5.74) is 1.11. The molecule has 0 bridgehead atoms. The summed E-state index contributed by atoms with van der Waals surface area (Å²) in [6, 6.07) is 6.97. The quantitative estimate of drug-likeness (QED) is 0.819. The number of nitrogens with zero attached hydrogens (tertiary/aromatic N) is 1. The molecule has 0 spiro atoms. The van der Waals surface area contributed by atoms with E-state index in [-0.39, 0.29) is 11.8 Å². The van der Waals surface area contributed by atoms with Gasteiger partial charge in [0, 0.05) is 44.5 Å². The van der Waals surface area contributed by atoms with Crippen molar-refractivity contribution in [3.63, 3.8) is 0 Å². The number of carbonyl (C=O) groups is 2. The van der Waals surface area contributed by atoms with Gasteiger partial charge in [-0.1, -0.05) is 13.0 Å². The van der Waals surface area contributed by atoms with Gasteiger partial charge in [-0.3, -0.25) is 9.59 Å². The molecule has 1 aliphatic heterocycles. The van der Waals surface area contributed by atoms with Gasteiger partial charge in [0.15, 0.2) is 0 Å². The number of ether oxygens (including phenoxy) is 1. The predicted octanol–water partition coefficient (Wildman–Crippen LogP) is 2.33. The van der Waals surface area contributed by atoms with Crippen molar-refractivity contribution in [2.75, 3.05) is 33.4 Å². The van der Waals surface area contributed by atoms with Crippen LogP contribution in [0.3, 0.4) is 0 Å². The van der Waals surface area contributed by atoms with Crippen LogP contribution in [0.15, 0.2) is 24.3 Å². The van der Waals surface area contributed by atoms with E-state index in [1.165, 1.54) is 6.42 Å². The summed E-state index contributed by atoms with van der Waals surface area (Å²) >= 11 is 0. The number of hydrogen-bond donors (Lipinski definition) is 1. The fourth-order valence-electron chi connectivity index (χ4n) is 2.87. The molecule has 1 atom stereocenters. The largest absolute Gasteiger partial charge is 0.385 e. The molecule has 0 radical (unpaired) electrons. The fourth-order valence-corrected chi connectivity index (χ4v) is 2.87. The van der Waals surface area contributed by atoms with Crippen LogP contribution >= 0.6 is 0 Å². The van der Waals surface area contributed by atoms with Crippen molar-refractivity contribution in [3.05, 3.63) is 35.4 Å². The maximum atomic E-state index is 12.6. The smallest absolute Gasteiger partial charge is 0.253 e. The number of carbonyl (C=O) groups excluding carboxylic acids is 2. The number of nitrogens with one attached hydrogen (secondary N) is 1. The summed E-state index contributed by atoms with van der Waals surface area (Å²) in [5, 5.41) is 2.84. The zero-order valence-corrected chi connectivity index (χ0v) is 14.0. The van der Waals surface area contributed by atoms with E-state index in [9.17, 15) is 9.59 Å². The maximum Gasteiger partial charge on any atom is 0.253 e. The Labute approximate surface area is 138 Å². The summed E-state index contributed by atoms with van der Waals surface area (Å²) in [6.45, 7) is 4.95. The number of rotatable bonds is 6. The van der Waals surface area contributed by atoms with Gasteiger partial charge in [-0.05, 0) is 43.4 Å². The maximum absolute atomic E-state index is 12.6. The van der Waals surface area contributed by atoms with Crippen LogP contribution in [-0.4, -0.2) is 50.1 Å². The topological polar surface area (TPSA) is 58.6 Å². The Morgan fingerprint density at radius 3 is 2.87 bits per heavy atom. The summed E-state index contributed by atoms with van der Waals surface area (Å²) in [4.78, 5) is 26.6. The number of methoxy groups -OCH3 is 1. The van der Waals surface area contributed by atoms with Gasteiger partial charge in [-0.2, -0.15) is 0 Å².